The summed E-state index contributed by atoms with van der Waals surface area (Å²) in [6, 6.07) is 10.0. The third-order valence-electron chi connectivity index (χ3n) is 1.43. The smallest absolute Gasteiger partial charge is 0.0245 e. The van der Waals surface area contributed by atoms with Crippen LogP contribution in [0.1, 0.15) is 32.8 Å². The van der Waals surface area contributed by atoms with Gasteiger partial charge in [0.25, 0.3) is 0 Å². The Morgan fingerprint density at radius 3 is 2.00 bits per heavy atom. The van der Waals surface area contributed by atoms with Crippen LogP contribution in [0.3, 0.4) is 0 Å². The van der Waals surface area contributed by atoms with Gasteiger partial charge in [-0.2, -0.15) is 0 Å². The Bertz CT molecular complexity index is 332. The van der Waals surface area contributed by atoms with Crippen molar-refractivity contribution in [3.05, 3.63) is 35.9 Å². The second-order valence-corrected chi connectivity index (χ2v) is 2.52. The van der Waals surface area contributed by atoms with Gasteiger partial charge in [-0.05, 0) is 26.0 Å². The number of benzene rings is 1. The van der Waals surface area contributed by atoms with E-state index in [0.717, 1.165) is 12.0 Å². The largest absolute Gasteiger partial charge is 0.107 e. The summed E-state index contributed by atoms with van der Waals surface area (Å²) in [5, 5.41) is 0. The highest BCUT2D eigenvalue weighted by molar-refractivity contribution is 5.33. The van der Waals surface area contributed by atoms with E-state index in [9.17, 15) is 0 Å². The van der Waals surface area contributed by atoms with Gasteiger partial charge in [0.2, 0.25) is 0 Å². The monoisotopic (exact) mass is 184 g/mol. The van der Waals surface area contributed by atoms with Gasteiger partial charge in [0.15, 0.2) is 0 Å². The van der Waals surface area contributed by atoms with Crippen molar-refractivity contribution in [2.24, 2.45) is 0 Å². The van der Waals surface area contributed by atoms with E-state index < -0.39 is 0 Å². The molecule has 0 bridgehead atoms. The van der Waals surface area contributed by atoms with Crippen molar-refractivity contribution in [3.8, 4) is 23.7 Å². The molecule has 0 amide bonds. The zero-order valence-corrected chi connectivity index (χ0v) is 9.09. The summed E-state index contributed by atoms with van der Waals surface area (Å²) in [6.07, 6.45) is 0.925. The number of rotatable bonds is 0. The van der Waals surface area contributed by atoms with E-state index in [2.05, 4.69) is 30.6 Å². The summed E-state index contributed by atoms with van der Waals surface area (Å²) in [5.41, 5.74) is 1.10. The van der Waals surface area contributed by atoms with Crippen LogP contribution in [0.2, 0.25) is 0 Å². The predicted molar refractivity (Wildman–Crippen MR) is 62.7 cm³/mol. The van der Waals surface area contributed by atoms with Gasteiger partial charge in [-0.25, -0.2) is 0 Å². The molecule has 0 aliphatic heterocycles. The van der Waals surface area contributed by atoms with Crippen LogP contribution in [0.15, 0.2) is 30.3 Å². The Balaban J connectivity index is 0.000000364. The molecule has 0 nitrogen and oxygen atoms in total. The van der Waals surface area contributed by atoms with E-state index >= 15 is 0 Å². The Morgan fingerprint density at radius 2 is 1.57 bits per heavy atom. The lowest BCUT2D eigenvalue weighted by atomic mass is 10.2. The normalized spacial score (nSPS) is 6.79. The molecule has 1 rings (SSSR count). The van der Waals surface area contributed by atoms with Crippen LogP contribution in [-0.4, -0.2) is 0 Å². The van der Waals surface area contributed by atoms with Gasteiger partial charge in [0.05, 0.1) is 0 Å². The fourth-order valence-corrected chi connectivity index (χ4v) is 0.712. The van der Waals surface area contributed by atoms with E-state index in [1.165, 1.54) is 0 Å². The van der Waals surface area contributed by atoms with Crippen molar-refractivity contribution in [1.29, 1.82) is 0 Å². The molecule has 1 aromatic carbocycles. The van der Waals surface area contributed by atoms with Gasteiger partial charge in [-0.1, -0.05) is 37.0 Å². The molecule has 0 aliphatic rings. The zero-order valence-electron chi connectivity index (χ0n) is 9.09. The summed E-state index contributed by atoms with van der Waals surface area (Å²) in [5.74, 6) is 11.4. The summed E-state index contributed by atoms with van der Waals surface area (Å²) >= 11 is 0. The first-order valence-corrected chi connectivity index (χ1v) is 4.72. The van der Waals surface area contributed by atoms with Gasteiger partial charge in [0.1, 0.15) is 0 Å². The minimum absolute atomic E-state index is 0.925. The minimum Gasteiger partial charge on any atom is -0.107 e. The van der Waals surface area contributed by atoms with Crippen molar-refractivity contribution >= 4 is 0 Å². The van der Waals surface area contributed by atoms with Crippen molar-refractivity contribution in [3.63, 3.8) is 0 Å². The first-order chi connectivity index (χ1) is 6.85. The molecule has 0 saturated heterocycles. The van der Waals surface area contributed by atoms with Gasteiger partial charge < -0.3 is 0 Å². The molecule has 0 unspecified atom stereocenters. The SMILES string of the molecule is CC#CC.CCC#Cc1ccccc1. The molecule has 0 aliphatic carbocycles. The van der Waals surface area contributed by atoms with E-state index in [1.54, 1.807) is 0 Å². The Labute approximate surface area is 87.4 Å². The molecular weight excluding hydrogens is 168 g/mol. The van der Waals surface area contributed by atoms with Gasteiger partial charge in [0, 0.05) is 12.0 Å². The van der Waals surface area contributed by atoms with Crippen LogP contribution in [0.5, 0.6) is 0 Å². The molecule has 0 heterocycles. The lowest BCUT2D eigenvalue weighted by Gasteiger charge is -1.84. The van der Waals surface area contributed by atoms with Crippen LogP contribution in [0, 0.1) is 23.7 Å². The zero-order chi connectivity index (χ0) is 10.6. The molecule has 0 fully saturated rings. The molecule has 0 heteroatoms. The highest BCUT2D eigenvalue weighted by Gasteiger charge is 1.78. The number of hydrogen-bond acceptors (Lipinski definition) is 0. The molecule has 1 aromatic rings. The van der Waals surface area contributed by atoms with Crippen LogP contribution in [-0.2, 0) is 0 Å². The third kappa shape index (κ3) is 7.01. The molecular formula is C14H16. The van der Waals surface area contributed by atoms with Crippen LogP contribution in [0.4, 0.5) is 0 Å². The van der Waals surface area contributed by atoms with Crippen LogP contribution >= 0.6 is 0 Å². The Hall–Kier alpha value is -1.66. The van der Waals surface area contributed by atoms with Crippen molar-refractivity contribution in [1.82, 2.24) is 0 Å². The maximum absolute atomic E-state index is 3.04. The maximum Gasteiger partial charge on any atom is 0.0245 e. The standard InChI is InChI=1S/C10H10.C4H6/c1-2-3-7-10-8-5-4-6-9-10;1-3-4-2/h4-6,8-9H,2H2,1H3;1-2H3. The van der Waals surface area contributed by atoms with E-state index in [-0.39, 0.29) is 0 Å². The molecule has 0 spiro atoms. The summed E-state index contributed by atoms with van der Waals surface area (Å²) in [4.78, 5) is 0. The minimum atomic E-state index is 0.925. The second-order valence-electron chi connectivity index (χ2n) is 2.52. The van der Waals surface area contributed by atoms with Gasteiger partial charge in [-0.15, -0.1) is 11.8 Å². The van der Waals surface area contributed by atoms with E-state index in [4.69, 9.17) is 0 Å². The maximum atomic E-state index is 3.04. The molecule has 0 N–H and O–H groups in total. The topological polar surface area (TPSA) is 0 Å². The second kappa shape index (κ2) is 9.43. The van der Waals surface area contributed by atoms with Crippen LogP contribution < -0.4 is 0 Å². The van der Waals surface area contributed by atoms with Crippen molar-refractivity contribution in [2.75, 3.05) is 0 Å². The van der Waals surface area contributed by atoms with E-state index in [0.29, 0.717) is 0 Å². The Kier molecular flexibility index (Phi) is 8.31. The lowest BCUT2D eigenvalue weighted by Crippen LogP contribution is -1.69. The molecule has 0 aromatic heterocycles. The summed E-state index contributed by atoms with van der Waals surface area (Å²) < 4.78 is 0. The van der Waals surface area contributed by atoms with Gasteiger partial charge in [-0.3, -0.25) is 0 Å². The molecule has 14 heavy (non-hydrogen) atoms. The molecule has 0 saturated carbocycles. The van der Waals surface area contributed by atoms with Crippen LogP contribution in [0.25, 0.3) is 0 Å². The van der Waals surface area contributed by atoms with E-state index in [1.807, 2.05) is 44.2 Å². The summed E-state index contributed by atoms with van der Waals surface area (Å²) in [7, 11) is 0. The average molecular weight is 184 g/mol. The fourth-order valence-electron chi connectivity index (χ4n) is 0.712. The highest BCUT2D eigenvalue weighted by Crippen LogP contribution is 1.94. The van der Waals surface area contributed by atoms with Crippen molar-refractivity contribution in [2.45, 2.75) is 27.2 Å². The fraction of sp³-hybridized carbons (Fsp3) is 0.286. The Morgan fingerprint density at radius 1 is 1.00 bits per heavy atom. The molecule has 0 radical (unpaired) electrons. The molecule has 0 atom stereocenters. The van der Waals surface area contributed by atoms with Crippen molar-refractivity contribution < 1.29 is 0 Å². The molecule has 72 valence electrons. The lowest BCUT2D eigenvalue weighted by molar-refractivity contribution is 1.28. The highest BCUT2D eigenvalue weighted by atomic mass is 13.8. The average Bonchev–Trinajstić information content (AvgIpc) is 2.28. The quantitative estimate of drug-likeness (QED) is 0.541. The van der Waals surface area contributed by atoms with Gasteiger partial charge >= 0.3 is 0 Å². The third-order valence-corrected chi connectivity index (χ3v) is 1.43. The first kappa shape index (κ1) is 12.3. The summed E-state index contributed by atoms with van der Waals surface area (Å²) in [6.45, 7) is 5.69. The first-order valence-electron chi connectivity index (χ1n) is 4.72. The predicted octanol–water partition coefficient (Wildman–Crippen LogP) is 3.48. The number of hydrogen-bond donors (Lipinski definition) is 0.